The van der Waals surface area contributed by atoms with Crippen molar-refractivity contribution in [2.75, 3.05) is 0 Å². The summed E-state index contributed by atoms with van der Waals surface area (Å²) in [5.41, 5.74) is 1.86. The molecule has 0 aliphatic heterocycles. The molecule has 0 heterocycles. The Balaban J connectivity index is 2.15. The van der Waals surface area contributed by atoms with Crippen molar-refractivity contribution in [2.45, 2.75) is 62.5 Å². The Morgan fingerprint density at radius 3 is 1.23 bits per heavy atom. The summed E-state index contributed by atoms with van der Waals surface area (Å²) in [6.07, 6.45) is -1.23. The molecule has 0 saturated heterocycles. The number of benzene rings is 2. The zero-order valence-corrected chi connectivity index (χ0v) is 19.1. The van der Waals surface area contributed by atoms with Gasteiger partial charge in [0.05, 0.1) is 9.79 Å². The quantitative estimate of drug-likeness (QED) is 0.447. The second-order valence-corrected chi connectivity index (χ2v) is 9.95. The predicted molar refractivity (Wildman–Crippen MR) is 115 cm³/mol. The van der Waals surface area contributed by atoms with Crippen molar-refractivity contribution in [2.24, 2.45) is 0 Å². The molecule has 0 aliphatic carbocycles. The molecule has 0 fully saturated rings. The highest BCUT2D eigenvalue weighted by molar-refractivity contribution is 7.87. The van der Waals surface area contributed by atoms with Gasteiger partial charge in [0.2, 0.25) is 0 Å². The molecule has 2 aromatic carbocycles. The third-order valence-corrected chi connectivity index (χ3v) is 6.92. The average molecular weight is 451 g/mol. The molecule has 0 radical (unpaired) electrons. The molecule has 0 N–H and O–H groups in total. The molecule has 8 heteroatoms. The van der Waals surface area contributed by atoms with E-state index in [1.807, 2.05) is 13.8 Å². The molecule has 2 aromatic rings. The van der Waals surface area contributed by atoms with E-state index in [4.69, 9.17) is 8.37 Å². The lowest BCUT2D eigenvalue weighted by Crippen LogP contribution is -2.19. The normalized spacial score (nSPS) is 13.9. The van der Waals surface area contributed by atoms with Gasteiger partial charge in [-0.2, -0.15) is 16.8 Å². The van der Waals surface area contributed by atoms with Crippen molar-refractivity contribution >= 4 is 20.2 Å². The number of hydrogen-bond acceptors (Lipinski definition) is 6. The van der Waals surface area contributed by atoms with Crippen LogP contribution in [0.5, 0.6) is 0 Å². The smallest absolute Gasteiger partial charge is 0.250 e. The van der Waals surface area contributed by atoms with Crippen LogP contribution < -0.4 is 0 Å². The van der Waals surface area contributed by atoms with Gasteiger partial charge in [-0.05, 0) is 51.0 Å². The van der Waals surface area contributed by atoms with Crippen molar-refractivity contribution in [3.05, 3.63) is 59.7 Å². The lowest BCUT2D eigenvalue weighted by molar-refractivity contribution is 0.250. The second kappa shape index (κ2) is 10.2. The van der Waals surface area contributed by atoms with Gasteiger partial charge in [0, 0.05) is 0 Å². The van der Waals surface area contributed by atoms with Crippen LogP contribution in [0.25, 0.3) is 0 Å². The van der Waals surface area contributed by atoms with Crippen LogP contribution in [0.2, 0.25) is 0 Å². The molecule has 0 spiro atoms. The monoisotopic (exact) mass is 450 g/mol. The maximum atomic E-state index is 12.5. The van der Waals surface area contributed by atoms with Crippen molar-refractivity contribution in [1.82, 2.24) is 0 Å². The summed E-state index contributed by atoms with van der Waals surface area (Å²) in [6.45, 7) is 7.17. The highest BCUT2D eigenvalue weighted by Crippen LogP contribution is 2.18. The van der Waals surface area contributed by atoms with Gasteiger partial charge < -0.3 is 0 Å². The van der Waals surface area contributed by atoms with Crippen LogP contribution in [0, 0.1) is 25.7 Å². The lowest BCUT2D eigenvalue weighted by Gasteiger charge is -2.13. The van der Waals surface area contributed by atoms with Crippen LogP contribution in [-0.4, -0.2) is 29.0 Å². The first-order valence-corrected chi connectivity index (χ1v) is 12.4. The van der Waals surface area contributed by atoms with E-state index in [0.717, 1.165) is 11.1 Å². The molecule has 0 aromatic heterocycles. The Morgan fingerprint density at radius 1 is 0.667 bits per heavy atom. The first kappa shape index (κ1) is 24.1. The fraction of sp³-hybridized carbons (Fsp3) is 0.364. The van der Waals surface area contributed by atoms with Gasteiger partial charge in [-0.1, -0.05) is 61.1 Å². The summed E-state index contributed by atoms with van der Waals surface area (Å²) in [6, 6.07) is 12.6. The van der Waals surface area contributed by atoms with Gasteiger partial charge in [-0.15, -0.1) is 0 Å². The molecule has 2 atom stereocenters. The van der Waals surface area contributed by atoms with Crippen molar-refractivity contribution in [3.63, 3.8) is 0 Å². The lowest BCUT2D eigenvalue weighted by atomic mass is 10.2. The minimum atomic E-state index is -3.99. The van der Waals surface area contributed by atoms with E-state index in [1.165, 1.54) is 24.3 Å². The second-order valence-electron chi connectivity index (χ2n) is 6.81. The van der Waals surface area contributed by atoms with Gasteiger partial charge >= 0.3 is 0 Å². The molecule has 0 saturated carbocycles. The molecular weight excluding hydrogens is 424 g/mol. The average Bonchev–Trinajstić information content (AvgIpc) is 2.70. The Bertz CT molecular complexity index is 1020. The highest BCUT2D eigenvalue weighted by atomic mass is 32.2. The predicted octanol–water partition coefficient (Wildman–Crippen LogP) is 3.97. The summed E-state index contributed by atoms with van der Waals surface area (Å²) >= 11 is 0. The van der Waals surface area contributed by atoms with Gasteiger partial charge in [-0.25, -0.2) is 8.37 Å². The molecule has 2 rings (SSSR count). The number of hydrogen-bond donors (Lipinski definition) is 0. The standard InChI is InChI=1S/C22H26O6S2/c1-5-19(27-29(23,24)21-13-7-17(3)8-14-21)11-12-20(6-2)28-30(25,26)22-15-9-18(4)10-16-22/h7-10,13-16,19-20H,5-6H2,1-4H3/t19-,20-/m1/s1. The summed E-state index contributed by atoms with van der Waals surface area (Å²) in [7, 11) is -7.97. The first-order chi connectivity index (χ1) is 14.1. The van der Waals surface area contributed by atoms with E-state index in [9.17, 15) is 16.8 Å². The fourth-order valence-corrected chi connectivity index (χ4v) is 4.54. The largest absolute Gasteiger partial charge is 0.298 e. The van der Waals surface area contributed by atoms with Crippen LogP contribution in [0.15, 0.2) is 58.3 Å². The maximum Gasteiger partial charge on any atom is 0.298 e. The van der Waals surface area contributed by atoms with Crippen molar-refractivity contribution in [3.8, 4) is 11.8 Å². The highest BCUT2D eigenvalue weighted by Gasteiger charge is 2.22. The Kier molecular flexibility index (Phi) is 8.21. The number of rotatable bonds is 8. The molecule has 0 bridgehead atoms. The van der Waals surface area contributed by atoms with Gasteiger partial charge in [-0.3, -0.25) is 0 Å². The van der Waals surface area contributed by atoms with E-state index in [-0.39, 0.29) is 9.79 Å². The van der Waals surface area contributed by atoms with E-state index in [1.54, 1.807) is 38.1 Å². The van der Waals surface area contributed by atoms with E-state index < -0.39 is 32.4 Å². The molecule has 30 heavy (non-hydrogen) atoms. The van der Waals surface area contributed by atoms with Crippen LogP contribution >= 0.6 is 0 Å². The molecule has 6 nitrogen and oxygen atoms in total. The summed E-state index contributed by atoms with van der Waals surface area (Å²) in [5, 5.41) is 0. The van der Waals surface area contributed by atoms with E-state index >= 15 is 0 Å². The fourth-order valence-electron chi connectivity index (χ4n) is 2.40. The van der Waals surface area contributed by atoms with Crippen LogP contribution in [0.3, 0.4) is 0 Å². The topological polar surface area (TPSA) is 86.7 Å². The molecular formula is C22H26O6S2. The SMILES string of the molecule is CC[C@H](C#C[C@@H](CC)OS(=O)(=O)c1ccc(C)cc1)OS(=O)(=O)c1ccc(C)cc1. The number of aryl methyl sites for hydroxylation is 2. The Morgan fingerprint density at radius 2 is 0.967 bits per heavy atom. The molecule has 0 aliphatic rings. The Labute approximate surface area is 179 Å². The van der Waals surface area contributed by atoms with Gasteiger partial charge in [0.15, 0.2) is 0 Å². The minimum absolute atomic E-state index is 0.0404. The Hall–Kier alpha value is -2.18. The van der Waals surface area contributed by atoms with Crippen LogP contribution in [-0.2, 0) is 28.6 Å². The third kappa shape index (κ3) is 6.67. The van der Waals surface area contributed by atoms with E-state index in [0.29, 0.717) is 12.8 Å². The minimum Gasteiger partial charge on any atom is -0.250 e. The maximum absolute atomic E-state index is 12.5. The van der Waals surface area contributed by atoms with Crippen LogP contribution in [0.1, 0.15) is 37.8 Å². The summed E-state index contributed by atoms with van der Waals surface area (Å²) < 4.78 is 60.3. The van der Waals surface area contributed by atoms with Crippen LogP contribution in [0.4, 0.5) is 0 Å². The molecule has 0 unspecified atom stereocenters. The summed E-state index contributed by atoms with van der Waals surface area (Å²) in [4.78, 5) is 0.0807. The third-order valence-electron chi connectivity index (χ3n) is 4.25. The summed E-state index contributed by atoms with van der Waals surface area (Å²) in [5.74, 6) is 5.40. The van der Waals surface area contributed by atoms with E-state index in [2.05, 4.69) is 11.8 Å². The van der Waals surface area contributed by atoms with Crippen molar-refractivity contribution < 1.29 is 25.2 Å². The van der Waals surface area contributed by atoms with Crippen molar-refractivity contribution in [1.29, 1.82) is 0 Å². The first-order valence-electron chi connectivity index (χ1n) is 9.58. The molecule has 0 amide bonds. The zero-order valence-electron chi connectivity index (χ0n) is 17.5. The van der Waals surface area contributed by atoms with Gasteiger partial charge in [0.1, 0.15) is 12.2 Å². The molecule has 162 valence electrons. The van der Waals surface area contributed by atoms with Gasteiger partial charge in [0.25, 0.3) is 20.2 Å². The zero-order chi connectivity index (χ0) is 22.4.